The van der Waals surface area contributed by atoms with Crippen molar-refractivity contribution in [3.05, 3.63) is 216 Å². The fourth-order valence-corrected chi connectivity index (χ4v) is 9.61. The van der Waals surface area contributed by atoms with Crippen LogP contribution in [0.5, 0.6) is 5.75 Å². The molecule has 68 heavy (non-hydrogen) atoms. The van der Waals surface area contributed by atoms with E-state index >= 15 is 0 Å². The van der Waals surface area contributed by atoms with E-state index in [0.29, 0.717) is 33.7 Å². The number of phenolic OH excluding ortho intramolecular Hbond substituents is 1. The van der Waals surface area contributed by atoms with E-state index in [9.17, 15) is 9.22 Å². The zero-order valence-electron chi connectivity index (χ0n) is 43.7. The van der Waals surface area contributed by atoms with Crippen LogP contribution in [0.3, 0.4) is 0 Å². The van der Waals surface area contributed by atoms with Gasteiger partial charge in [-0.2, -0.15) is 0 Å². The summed E-state index contributed by atoms with van der Waals surface area (Å²) in [6.45, 7) is 11.7. The van der Waals surface area contributed by atoms with Crippen molar-refractivity contribution < 1.29 is 10.6 Å². The number of para-hydroxylation sites is 1. The largest absolute Gasteiger partial charge is 0.507 e. The molecule has 0 aliphatic heterocycles. The predicted octanol–water partition coefficient (Wildman–Crippen LogP) is 17.1. The predicted molar refractivity (Wildman–Crippen MR) is 286 cm³/mol. The number of aromatic nitrogens is 3. The third kappa shape index (κ3) is 8.32. The van der Waals surface area contributed by atoms with Crippen LogP contribution < -0.4 is 0 Å². The van der Waals surface area contributed by atoms with E-state index < -0.39 is 12.7 Å². The van der Waals surface area contributed by atoms with Crippen LogP contribution in [0.2, 0.25) is 0 Å². The lowest BCUT2D eigenvalue weighted by molar-refractivity contribution is 0.472. The molecule has 2 aromatic heterocycles. The Morgan fingerprint density at radius 3 is 1.94 bits per heavy atom. The van der Waals surface area contributed by atoms with Gasteiger partial charge in [0.2, 0.25) is 0 Å². The average Bonchev–Trinajstić information content (AvgIpc) is 3.76. The number of pyridine rings is 1. The second kappa shape index (κ2) is 17.8. The molecule has 0 fully saturated rings. The van der Waals surface area contributed by atoms with Crippen LogP contribution >= 0.6 is 0 Å². The lowest BCUT2D eigenvalue weighted by atomic mass is 9.78. The molecule has 0 saturated carbocycles. The van der Waals surface area contributed by atoms with Gasteiger partial charge in [0.15, 0.2) is 0 Å². The highest BCUT2D eigenvalue weighted by atomic mass is 16.3. The monoisotopic (exact) mass is 887 g/mol. The van der Waals surface area contributed by atoms with Crippen molar-refractivity contribution >= 4 is 11.0 Å². The van der Waals surface area contributed by atoms with Gasteiger partial charge in [-0.3, -0.25) is 9.55 Å². The standard InChI is InChI=1S/C64H57N3O/c1-40(2)44-25-27-46(28-26-44)48-31-32-65-57(39-48)52-37-50(45-17-11-9-12-18-45)36-51(38-52)54-22-16-24-59-61(54)66-63(55-34-41(3)33-43(5)62(55)68)67(59)58-30-29-49(35-42(58)4)60-53(47-19-13-10-14-20-47)21-15-23-56(60)64(6,7)8/h9-40,68H,1-8H3/i4D3,40D. The van der Waals surface area contributed by atoms with Crippen LogP contribution in [0.15, 0.2) is 188 Å². The quantitative estimate of drug-likeness (QED) is 0.157. The van der Waals surface area contributed by atoms with Crippen molar-refractivity contribution in [2.24, 2.45) is 0 Å². The number of hydrogen-bond donors (Lipinski definition) is 1. The first-order valence-electron chi connectivity index (χ1n) is 25.3. The maximum atomic E-state index is 11.9. The molecule has 0 radical (unpaired) electrons. The highest BCUT2D eigenvalue weighted by Gasteiger charge is 2.25. The smallest absolute Gasteiger partial charge is 0.149 e. The molecule has 2 heterocycles. The van der Waals surface area contributed by atoms with Crippen LogP contribution in [0.4, 0.5) is 0 Å². The minimum atomic E-state index is -2.55. The number of fused-ring (bicyclic) bond motifs is 1. The molecule has 0 unspecified atom stereocenters. The fourth-order valence-electron chi connectivity index (χ4n) is 9.61. The van der Waals surface area contributed by atoms with E-state index in [4.69, 9.17) is 11.3 Å². The van der Waals surface area contributed by atoms with Crippen molar-refractivity contribution in [3.63, 3.8) is 0 Å². The summed E-state index contributed by atoms with van der Waals surface area (Å²) in [4.78, 5) is 10.4. The van der Waals surface area contributed by atoms with Crippen LogP contribution in [0, 0.1) is 20.7 Å². The molecule has 0 saturated heterocycles. The molecule has 8 aromatic carbocycles. The third-order valence-corrected chi connectivity index (χ3v) is 13.1. The summed E-state index contributed by atoms with van der Waals surface area (Å²) in [5.41, 5.74) is 17.2. The lowest BCUT2D eigenvalue weighted by Gasteiger charge is -2.26. The van der Waals surface area contributed by atoms with Crippen LogP contribution in [0.25, 0.3) is 95.0 Å². The molecule has 0 spiro atoms. The first-order valence-corrected chi connectivity index (χ1v) is 23.3. The van der Waals surface area contributed by atoms with Crippen LogP contribution in [-0.4, -0.2) is 19.6 Å². The molecule has 1 N–H and O–H groups in total. The van der Waals surface area contributed by atoms with Crippen LogP contribution in [0.1, 0.15) is 73.8 Å². The van der Waals surface area contributed by atoms with Gasteiger partial charge in [0, 0.05) is 22.8 Å². The second-order valence-corrected chi connectivity index (χ2v) is 19.2. The Morgan fingerprint density at radius 1 is 0.559 bits per heavy atom. The molecule has 4 nitrogen and oxygen atoms in total. The van der Waals surface area contributed by atoms with E-state index in [1.54, 1.807) is 0 Å². The maximum Gasteiger partial charge on any atom is 0.149 e. The zero-order chi connectivity index (χ0) is 50.7. The van der Waals surface area contributed by atoms with Gasteiger partial charge < -0.3 is 5.11 Å². The number of imidazole rings is 1. The minimum absolute atomic E-state index is 0.0785. The van der Waals surface area contributed by atoms with Gasteiger partial charge in [0.05, 0.1) is 28.0 Å². The van der Waals surface area contributed by atoms with Gasteiger partial charge in [0.25, 0.3) is 0 Å². The Kier molecular flexibility index (Phi) is 10.3. The zero-order valence-corrected chi connectivity index (χ0v) is 39.7. The fraction of sp³-hybridized carbons (Fsp3) is 0.156. The lowest BCUT2D eigenvalue weighted by Crippen LogP contribution is -2.13. The van der Waals surface area contributed by atoms with Gasteiger partial charge in [-0.1, -0.05) is 162 Å². The Bertz CT molecular complexity index is 3660. The number of rotatable bonds is 9. The minimum Gasteiger partial charge on any atom is -0.507 e. The Balaban J connectivity index is 1.21. The summed E-state index contributed by atoms with van der Waals surface area (Å²) < 4.78 is 38.0. The number of benzene rings is 8. The molecule has 334 valence electrons. The summed E-state index contributed by atoms with van der Waals surface area (Å²) in [5, 5.41) is 11.9. The molecular weight excluding hydrogens is 827 g/mol. The van der Waals surface area contributed by atoms with Crippen molar-refractivity contribution in [1.29, 1.82) is 0 Å². The summed E-state index contributed by atoms with van der Waals surface area (Å²) in [5.74, 6) is -0.202. The summed E-state index contributed by atoms with van der Waals surface area (Å²) in [6.07, 6.45) is 1.84. The number of aryl methyl sites for hydroxylation is 3. The van der Waals surface area contributed by atoms with Gasteiger partial charge >= 0.3 is 0 Å². The third-order valence-electron chi connectivity index (χ3n) is 13.1. The van der Waals surface area contributed by atoms with Gasteiger partial charge in [0.1, 0.15) is 11.6 Å². The number of phenols is 1. The molecular formula is C64H57N3O. The van der Waals surface area contributed by atoms with E-state index in [2.05, 4.69) is 106 Å². The molecule has 0 bridgehead atoms. The van der Waals surface area contributed by atoms with Gasteiger partial charge in [-0.25, -0.2) is 4.98 Å². The normalized spacial score (nSPS) is 12.9. The molecule has 0 aliphatic carbocycles. The summed E-state index contributed by atoms with van der Waals surface area (Å²) >= 11 is 0. The molecule has 0 amide bonds. The Morgan fingerprint density at radius 2 is 1.22 bits per heavy atom. The summed E-state index contributed by atoms with van der Waals surface area (Å²) in [7, 11) is 0. The maximum absolute atomic E-state index is 11.9. The Labute approximate surface area is 406 Å². The van der Waals surface area contributed by atoms with E-state index in [1.807, 2.05) is 136 Å². The van der Waals surface area contributed by atoms with Gasteiger partial charge in [-0.15, -0.1) is 0 Å². The second-order valence-electron chi connectivity index (χ2n) is 19.2. The van der Waals surface area contributed by atoms with Crippen LogP contribution in [-0.2, 0) is 5.41 Å². The Hall–Kier alpha value is -7.82. The summed E-state index contributed by atoms with van der Waals surface area (Å²) in [6, 6.07) is 61.3. The molecule has 4 heteroatoms. The number of hydrogen-bond acceptors (Lipinski definition) is 3. The highest BCUT2D eigenvalue weighted by Crippen LogP contribution is 2.44. The van der Waals surface area contributed by atoms with Crippen molar-refractivity contribution in [3.8, 4) is 89.7 Å². The van der Waals surface area contributed by atoms with Crippen molar-refractivity contribution in [2.45, 2.75) is 66.6 Å². The molecule has 10 aromatic rings. The van der Waals surface area contributed by atoms with E-state index in [-0.39, 0.29) is 16.7 Å². The first kappa shape index (κ1) is 39.4. The number of nitrogens with zero attached hydrogens (tertiary/aromatic N) is 3. The number of aromatic hydroxyl groups is 1. The van der Waals surface area contributed by atoms with Crippen molar-refractivity contribution in [2.75, 3.05) is 0 Å². The van der Waals surface area contributed by atoms with E-state index in [0.717, 1.165) is 83.6 Å². The molecule has 0 atom stereocenters. The first-order chi connectivity index (χ1) is 34.3. The van der Waals surface area contributed by atoms with Crippen molar-refractivity contribution in [1.82, 2.24) is 14.5 Å². The molecule has 0 aliphatic rings. The topological polar surface area (TPSA) is 50.9 Å². The highest BCUT2D eigenvalue weighted by molar-refractivity contribution is 5.98. The molecule has 10 rings (SSSR count). The van der Waals surface area contributed by atoms with Gasteiger partial charge in [-0.05, 0) is 164 Å². The average molecular weight is 888 g/mol. The SMILES string of the molecule is [2H]C([2H])([2H])c1cc(-c2c(-c3ccccc3)cccc2C(C)(C)C)ccc1-n1c(-c2cc(C)cc(C)c2O)nc2c(-c3cc(-c4ccccc4)cc(-c4cc(-c5ccc(C([2H])(C)C)cc5)ccn4)c3)cccc21. The van der Waals surface area contributed by atoms with E-state index in [1.165, 1.54) is 0 Å².